The van der Waals surface area contributed by atoms with Crippen molar-refractivity contribution in [3.8, 4) is 0 Å². The van der Waals surface area contributed by atoms with E-state index in [9.17, 15) is 9.59 Å². The smallest absolute Gasteiger partial charge is 0.407 e. The number of nitrogens with zero attached hydrogens (tertiary/aromatic N) is 4. The molecule has 0 aliphatic rings. The van der Waals surface area contributed by atoms with E-state index in [-0.39, 0.29) is 25.5 Å². The van der Waals surface area contributed by atoms with Gasteiger partial charge in [-0.05, 0) is 40.7 Å². The van der Waals surface area contributed by atoms with Crippen molar-refractivity contribution < 1.29 is 23.8 Å². The highest BCUT2D eigenvalue weighted by molar-refractivity contribution is 7.99. The molecule has 13 heteroatoms. The molecule has 1 aromatic heterocycles. The zero-order chi connectivity index (χ0) is 22.6. The first-order valence-electron chi connectivity index (χ1n) is 9.37. The third-order valence-corrected chi connectivity index (χ3v) is 5.87. The number of tetrazole rings is 1. The summed E-state index contributed by atoms with van der Waals surface area (Å²) >= 11 is 13.5. The van der Waals surface area contributed by atoms with Gasteiger partial charge in [0.2, 0.25) is 5.16 Å². The zero-order valence-corrected chi connectivity index (χ0v) is 19.4. The molecule has 170 valence electrons. The third kappa shape index (κ3) is 8.26. The van der Waals surface area contributed by atoms with Crippen LogP contribution in [0.3, 0.4) is 0 Å². The van der Waals surface area contributed by atoms with E-state index < -0.39 is 12.1 Å². The summed E-state index contributed by atoms with van der Waals surface area (Å²) < 4.78 is 16.4. The van der Waals surface area contributed by atoms with Crippen LogP contribution in [0.25, 0.3) is 0 Å². The molecule has 0 bridgehead atoms. The Morgan fingerprint density at radius 1 is 1.19 bits per heavy atom. The fourth-order valence-corrected chi connectivity index (χ4v) is 3.76. The van der Waals surface area contributed by atoms with Gasteiger partial charge in [0, 0.05) is 7.11 Å². The van der Waals surface area contributed by atoms with Crippen LogP contribution in [0.5, 0.6) is 0 Å². The monoisotopic (exact) mass is 491 g/mol. The number of amides is 1. The van der Waals surface area contributed by atoms with Crippen molar-refractivity contribution in [3.63, 3.8) is 0 Å². The number of benzene rings is 1. The standard InChI is InChI=1S/C18H23Cl2N5O5S/c1-3-14(21-18(27)30-10-9-29-8-7-28-2)15(26)11-25-17(22-23-24-25)31-16-12(19)5-4-6-13(16)20/h4-6,14H,3,7-11H2,1-2H3,(H,21,27). The van der Waals surface area contributed by atoms with Gasteiger partial charge in [-0.3, -0.25) is 4.79 Å². The topological polar surface area (TPSA) is 117 Å². The average molecular weight is 492 g/mol. The predicted octanol–water partition coefficient (Wildman–Crippen LogP) is 2.87. The number of ether oxygens (including phenoxy) is 3. The number of rotatable bonds is 13. The Morgan fingerprint density at radius 3 is 2.58 bits per heavy atom. The number of aromatic nitrogens is 4. The van der Waals surface area contributed by atoms with Crippen LogP contribution in [0.4, 0.5) is 4.79 Å². The first kappa shape index (κ1) is 25.3. The molecule has 1 amide bonds. The van der Waals surface area contributed by atoms with Crippen LogP contribution in [-0.2, 0) is 25.5 Å². The fourth-order valence-electron chi connectivity index (χ4n) is 2.33. The number of carbonyl (C=O) groups is 2. The second-order valence-corrected chi connectivity index (χ2v) is 7.88. The van der Waals surface area contributed by atoms with Crippen molar-refractivity contribution in [1.82, 2.24) is 25.5 Å². The maximum Gasteiger partial charge on any atom is 0.407 e. The van der Waals surface area contributed by atoms with E-state index in [1.165, 1.54) is 4.68 Å². The first-order valence-corrected chi connectivity index (χ1v) is 10.9. The minimum absolute atomic E-state index is 0.0621. The summed E-state index contributed by atoms with van der Waals surface area (Å²) in [6, 6.07) is 4.36. The number of methoxy groups -OCH3 is 1. The van der Waals surface area contributed by atoms with E-state index >= 15 is 0 Å². The molecule has 1 N–H and O–H groups in total. The maximum atomic E-state index is 12.7. The summed E-state index contributed by atoms with van der Waals surface area (Å²) in [5.41, 5.74) is 0. The summed E-state index contributed by atoms with van der Waals surface area (Å²) in [5.74, 6) is -0.282. The van der Waals surface area contributed by atoms with Crippen molar-refractivity contribution in [3.05, 3.63) is 28.2 Å². The van der Waals surface area contributed by atoms with Crippen LogP contribution in [0.1, 0.15) is 13.3 Å². The molecule has 10 nitrogen and oxygen atoms in total. The van der Waals surface area contributed by atoms with Crippen LogP contribution < -0.4 is 5.32 Å². The number of alkyl carbamates (subject to hydrolysis) is 1. The van der Waals surface area contributed by atoms with Gasteiger partial charge < -0.3 is 19.5 Å². The molecule has 1 unspecified atom stereocenters. The molecular weight excluding hydrogens is 469 g/mol. The molecule has 2 aromatic rings. The van der Waals surface area contributed by atoms with E-state index in [1.54, 1.807) is 32.2 Å². The quantitative estimate of drug-likeness (QED) is 0.421. The van der Waals surface area contributed by atoms with Gasteiger partial charge in [-0.25, -0.2) is 9.48 Å². The lowest BCUT2D eigenvalue weighted by molar-refractivity contribution is -0.122. The lowest BCUT2D eigenvalue weighted by Gasteiger charge is -2.16. The molecule has 0 aliphatic heterocycles. The predicted molar refractivity (Wildman–Crippen MR) is 115 cm³/mol. The van der Waals surface area contributed by atoms with Crippen LogP contribution >= 0.6 is 35.0 Å². The average Bonchev–Trinajstić information content (AvgIpc) is 3.18. The molecule has 0 spiro atoms. The summed E-state index contributed by atoms with van der Waals surface area (Å²) in [6.45, 7) is 2.79. The van der Waals surface area contributed by atoms with Gasteiger partial charge in [0.15, 0.2) is 5.78 Å². The molecular formula is C18H23Cl2N5O5S. The molecule has 0 aliphatic carbocycles. The Labute approximate surface area is 193 Å². The molecule has 0 saturated heterocycles. The van der Waals surface area contributed by atoms with Crippen molar-refractivity contribution >= 4 is 46.8 Å². The summed E-state index contributed by atoms with van der Waals surface area (Å²) in [6.07, 6.45) is -0.330. The molecule has 1 heterocycles. The van der Waals surface area contributed by atoms with Crippen molar-refractivity contribution in [2.24, 2.45) is 0 Å². The number of hydrogen-bond acceptors (Lipinski definition) is 9. The highest BCUT2D eigenvalue weighted by Gasteiger charge is 2.22. The van der Waals surface area contributed by atoms with Gasteiger partial charge in [-0.15, -0.1) is 5.10 Å². The van der Waals surface area contributed by atoms with E-state index in [2.05, 4.69) is 20.8 Å². The Balaban J connectivity index is 1.89. The Bertz CT molecular complexity index is 849. The van der Waals surface area contributed by atoms with Crippen LogP contribution in [0.2, 0.25) is 10.0 Å². The molecule has 1 atom stereocenters. The van der Waals surface area contributed by atoms with Gasteiger partial charge in [-0.2, -0.15) is 0 Å². The molecule has 2 rings (SSSR count). The third-order valence-electron chi connectivity index (χ3n) is 3.90. The van der Waals surface area contributed by atoms with Gasteiger partial charge in [0.1, 0.15) is 13.2 Å². The number of halogens is 2. The Hall–Kier alpha value is -1.92. The summed E-state index contributed by atoms with van der Waals surface area (Å²) in [5, 5.41) is 15.2. The van der Waals surface area contributed by atoms with Crippen molar-refractivity contribution in [2.75, 3.05) is 33.5 Å². The Morgan fingerprint density at radius 2 is 1.90 bits per heavy atom. The minimum atomic E-state index is -0.757. The van der Waals surface area contributed by atoms with E-state index in [0.717, 1.165) is 11.8 Å². The van der Waals surface area contributed by atoms with E-state index in [0.29, 0.717) is 39.7 Å². The van der Waals surface area contributed by atoms with Gasteiger partial charge in [-0.1, -0.05) is 36.2 Å². The van der Waals surface area contributed by atoms with Gasteiger partial charge >= 0.3 is 6.09 Å². The largest absolute Gasteiger partial charge is 0.447 e. The normalized spacial score (nSPS) is 11.9. The fraction of sp³-hybridized carbons (Fsp3) is 0.500. The van der Waals surface area contributed by atoms with Gasteiger partial charge in [0.05, 0.1) is 40.8 Å². The maximum absolute atomic E-state index is 12.7. The Kier molecular flexibility index (Phi) is 11.0. The number of carbonyl (C=O) groups excluding carboxylic acids is 2. The highest BCUT2D eigenvalue weighted by Crippen LogP contribution is 2.37. The van der Waals surface area contributed by atoms with Crippen molar-refractivity contribution in [1.29, 1.82) is 0 Å². The lowest BCUT2D eigenvalue weighted by atomic mass is 10.1. The molecule has 0 fully saturated rings. The van der Waals surface area contributed by atoms with E-state index in [1.807, 2.05) is 0 Å². The second-order valence-electron chi connectivity index (χ2n) is 6.08. The molecule has 0 saturated carbocycles. The number of hydrogen-bond donors (Lipinski definition) is 1. The second kappa shape index (κ2) is 13.5. The SMILES string of the molecule is CCC(NC(=O)OCCOCCOC)C(=O)Cn1nnnc1Sc1c(Cl)cccc1Cl. The summed E-state index contributed by atoms with van der Waals surface area (Å²) in [4.78, 5) is 25.2. The van der Waals surface area contributed by atoms with Gasteiger partial charge in [0.25, 0.3) is 0 Å². The lowest BCUT2D eigenvalue weighted by Crippen LogP contribution is -2.42. The zero-order valence-electron chi connectivity index (χ0n) is 17.0. The number of ketones is 1. The molecule has 31 heavy (non-hydrogen) atoms. The first-order chi connectivity index (χ1) is 15.0. The minimum Gasteiger partial charge on any atom is -0.447 e. The number of nitrogens with one attached hydrogen (secondary N) is 1. The summed E-state index contributed by atoms with van der Waals surface area (Å²) in [7, 11) is 1.57. The van der Waals surface area contributed by atoms with Crippen LogP contribution in [-0.4, -0.2) is 71.7 Å². The highest BCUT2D eigenvalue weighted by atomic mass is 35.5. The van der Waals surface area contributed by atoms with E-state index in [4.69, 9.17) is 37.4 Å². The number of Topliss-reactive ketones (excluding diaryl/α,β-unsaturated/α-hetero) is 1. The van der Waals surface area contributed by atoms with Crippen molar-refractivity contribution in [2.45, 2.75) is 36.0 Å². The van der Waals surface area contributed by atoms with Crippen LogP contribution in [0, 0.1) is 0 Å². The van der Waals surface area contributed by atoms with Crippen LogP contribution in [0.15, 0.2) is 28.3 Å². The molecule has 1 aromatic carbocycles. The molecule has 0 radical (unpaired) electrons.